The van der Waals surface area contributed by atoms with E-state index in [2.05, 4.69) is 0 Å². The van der Waals surface area contributed by atoms with Gasteiger partial charge in [-0.15, -0.1) is 0 Å². The summed E-state index contributed by atoms with van der Waals surface area (Å²) in [5.74, 6) is -6.12. The molecule has 0 bridgehead atoms. The molecule has 1 aromatic carbocycles. The first-order valence-electron chi connectivity index (χ1n) is 9.29. The van der Waals surface area contributed by atoms with Crippen LogP contribution in [0.2, 0.25) is 0 Å². The molecule has 0 aromatic heterocycles. The van der Waals surface area contributed by atoms with Gasteiger partial charge in [0.1, 0.15) is 0 Å². The predicted molar refractivity (Wildman–Crippen MR) is 99.8 cm³/mol. The molecule has 0 spiro atoms. The molecular formula is C20H26O8. The van der Waals surface area contributed by atoms with Crippen molar-refractivity contribution in [1.82, 2.24) is 0 Å². The number of benzene rings is 1. The molecule has 0 amide bonds. The summed E-state index contributed by atoms with van der Waals surface area (Å²) in [5.41, 5.74) is 0.707. The Labute approximate surface area is 162 Å². The molecule has 4 N–H and O–H groups in total. The smallest absolute Gasteiger partial charge is 0.335 e. The van der Waals surface area contributed by atoms with Crippen LogP contribution >= 0.6 is 0 Å². The second-order valence-electron chi connectivity index (χ2n) is 6.72. The third-order valence-corrected chi connectivity index (χ3v) is 4.62. The maximum Gasteiger partial charge on any atom is 0.335 e. The molecule has 0 unspecified atom stereocenters. The summed E-state index contributed by atoms with van der Waals surface area (Å²) in [7, 11) is 0. The maximum absolute atomic E-state index is 11.2. The molecule has 0 aliphatic carbocycles. The van der Waals surface area contributed by atoms with Crippen LogP contribution in [0, 0.1) is 5.92 Å². The zero-order valence-corrected chi connectivity index (χ0v) is 15.6. The van der Waals surface area contributed by atoms with E-state index in [1.165, 1.54) is 18.2 Å². The van der Waals surface area contributed by atoms with Crippen molar-refractivity contribution < 1.29 is 39.6 Å². The van der Waals surface area contributed by atoms with Crippen molar-refractivity contribution in [3.05, 3.63) is 34.9 Å². The Kier molecular flexibility index (Phi) is 9.70. The Hall–Kier alpha value is -2.90. The highest BCUT2D eigenvalue weighted by Crippen LogP contribution is 2.18. The minimum Gasteiger partial charge on any atom is -0.481 e. The average Bonchev–Trinajstić information content (AvgIpc) is 2.62. The Morgan fingerprint density at radius 3 is 1.75 bits per heavy atom. The van der Waals surface area contributed by atoms with Crippen LogP contribution in [-0.4, -0.2) is 44.3 Å². The second-order valence-corrected chi connectivity index (χ2v) is 6.72. The van der Waals surface area contributed by atoms with Crippen molar-refractivity contribution in [2.75, 3.05) is 0 Å². The molecule has 154 valence electrons. The van der Waals surface area contributed by atoms with Crippen molar-refractivity contribution in [2.24, 2.45) is 5.92 Å². The van der Waals surface area contributed by atoms with Crippen LogP contribution in [0.15, 0.2) is 18.2 Å². The first-order valence-corrected chi connectivity index (χ1v) is 9.29. The molecule has 0 aliphatic heterocycles. The number of hydrogen-bond donors (Lipinski definition) is 4. The number of aromatic carboxylic acids is 2. The molecule has 0 heterocycles. The lowest BCUT2D eigenvalue weighted by Crippen LogP contribution is -2.23. The van der Waals surface area contributed by atoms with Crippen LogP contribution in [0.3, 0.4) is 0 Å². The van der Waals surface area contributed by atoms with E-state index in [4.69, 9.17) is 15.3 Å². The van der Waals surface area contributed by atoms with E-state index in [0.29, 0.717) is 18.4 Å². The van der Waals surface area contributed by atoms with Gasteiger partial charge in [0.25, 0.3) is 0 Å². The van der Waals surface area contributed by atoms with Gasteiger partial charge >= 0.3 is 23.9 Å². The van der Waals surface area contributed by atoms with Crippen LogP contribution in [0.25, 0.3) is 0 Å². The summed E-state index contributed by atoms with van der Waals surface area (Å²) >= 11 is 0. The first kappa shape index (κ1) is 23.1. The van der Waals surface area contributed by atoms with Gasteiger partial charge < -0.3 is 20.4 Å². The van der Waals surface area contributed by atoms with Crippen molar-refractivity contribution in [3.63, 3.8) is 0 Å². The summed E-state index contributed by atoms with van der Waals surface area (Å²) < 4.78 is 0. The fourth-order valence-corrected chi connectivity index (χ4v) is 3.04. The maximum atomic E-state index is 11.2. The number of aliphatic carboxylic acids is 2. The van der Waals surface area contributed by atoms with Gasteiger partial charge in [-0.1, -0.05) is 38.5 Å². The van der Waals surface area contributed by atoms with Crippen molar-refractivity contribution in [3.8, 4) is 0 Å². The molecular weight excluding hydrogens is 368 g/mol. The average molecular weight is 394 g/mol. The second kappa shape index (κ2) is 11.7. The predicted octanol–water partition coefficient (Wildman–Crippen LogP) is 3.53. The van der Waals surface area contributed by atoms with Gasteiger partial charge in [0.05, 0.1) is 11.1 Å². The SMILES string of the molecule is O=C(O)c1ccc(C(=O)O)c(CCCCCCCCCC(C(=O)O)C(=O)O)c1. The monoisotopic (exact) mass is 394 g/mol. The van der Waals surface area contributed by atoms with Gasteiger partial charge in [0.15, 0.2) is 5.92 Å². The number of carboxylic acid groups (broad SMARTS) is 4. The van der Waals surface area contributed by atoms with E-state index in [0.717, 1.165) is 38.5 Å². The lowest BCUT2D eigenvalue weighted by molar-refractivity contribution is -0.154. The molecule has 0 saturated heterocycles. The molecule has 0 radical (unpaired) electrons. The lowest BCUT2D eigenvalue weighted by atomic mass is 9.97. The summed E-state index contributed by atoms with van der Waals surface area (Å²) in [6, 6.07) is 4.02. The molecule has 0 aliphatic rings. The van der Waals surface area contributed by atoms with Gasteiger partial charge in [-0.05, 0) is 43.0 Å². The van der Waals surface area contributed by atoms with E-state index in [9.17, 15) is 24.3 Å². The zero-order valence-electron chi connectivity index (χ0n) is 15.6. The number of hydrogen-bond acceptors (Lipinski definition) is 4. The van der Waals surface area contributed by atoms with Crippen LogP contribution in [0.1, 0.15) is 77.6 Å². The number of carbonyl (C=O) groups is 4. The Bertz CT molecular complexity index is 696. The highest BCUT2D eigenvalue weighted by molar-refractivity contribution is 5.93. The normalized spacial score (nSPS) is 10.8. The Morgan fingerprint density at radius 2 is 1.25 bits per heavy atom. The van der Waals surface area contributed by atoms with E-state index in [1.807, 2.05) is 0 Å². The van der Waals surface area contributed by atoms with Crippen LogP contribution in [0.4, 0.5) is 0 Å². The zero-order chi connectivity index (χ0) is 21.1. The third kappa shape index (κ3) is 7.77. The molecule has 1 aromatic rings. The first-order chi connectivity index (χ1) is 13.2. The fourth-order valence-electron chi connectivity index (χ4n) is 3.04. The summed E-state index contributed by atoms with van der Waals surface area (Å²) in [6.45, 7) is 0. The van der Waals surface area contributed by atoms with E-state index in [-0.39, 0.29) is 17.5 Å². The van der Waals surface area contributed by atoms with Gasteiger partial charge in [0, 0.05) is 0 Å². The number of rotatable bonds is 14. The largest absolute Gasteiger partial charge is 0.481 e. The summed E-state index contributed by atoms with van der Waals surface area (Å²) in [4.78, 5) is 43.8. The molecule has 0 fully saturated rings. The molecule has 0 saturated carbocycles. The Balaban J connectivity index is 2.28. The van der Waals surface area contributed by atoms with E-state index in [1.54, 1.807) is 0 Å². The number of carboxylic acids is 4. The molecule has 28 heavy (non-hydrogen) atoms. The van der Waals surface area contributed by atoms with Gasteiger partial charge in [-0.2, -0.15) is 0 Å². The quantitative estimate of drug-likeness (QED) is 0.276. The third-order valence-electron chi connectivity index (χ3n) is 4.62. The van der Waals surface area contributed by atoms with Gasteiger partial charge in [0.2, 0.25) is 0 Å². The van der Waals surface area contributed by atoms with Crippen LogP contribution < -0.4 is 0 Å². The molecule has 8 nitrogen and oxygen atoms in total. The van der Waals surface area contributed by atoms with Gasteiger partial charge in [-0.25, -0.2) is 9.59 Å². The Morgan fingerprint density at radius 1 is 0.714 bits per heavy atom. The number of aryl methyl sites for hydroxylation is 1. The molecule has 0 atom stereocenters. The minimum absolute atomic E-state index is 0.0704. The minimum atomic E-state index is -1.34. The van der Waals surface area contributed by atoms with E-state index >= 15 is 0 Å². The van der Waals surface area contributed by atoms with Crippen LogP contribution in [-0.2, 0) is 16.0 Å². The van der Waals surface area contributed by atoms with Crippen molar-refractivity contribution in [2.45, 2.75) is 57.8 Å². The van der Waals surface area contributed by atoms with E-state index < -0.39 is 29.8 Å². The van der Waals surface area contributed by atoms with Crippen molar-refractivity contribution in [1.29, 1.82) is 0 Å². The van der Waals surface area contributed by atoms with Crippen molar-refractivity contribution >= 4 is 23.9 Å². The van der Waals surface area contributed by atoms with Gasteiger partial charge in [-0.3, -0.25) is 9.59 Å². The highest BCUT2D eigenvalue weighted by atomic mass is 16.4. The van der Waals surface area contributed by atoms with Crippen LogP contribution in [0.5, 0.6) is 0 Å². The highest BCUT2D eigenvalue weighted by Gasteiger charge is 2.24. The molecule has 1 rings (SSSR count). The standard InChI is InChI=1S/C20H26O8/c21-17(22)14-10-11-15(18(23)24)13(12-14)8-6-4-2-1-3-5-7-9-16(19(25)26)20(27)28/h10-12,16H,1-9H2,(H,21,22)(H,23,24)(H,25,26)(H,27,28). The fraction of sp³-hybridized carbons (Fsp3) is 0.500. The topological polar surface area (TPSA) is 149 Å². The number of unbranched alkanes of at least 4 members (excludes halogenated alkanes) is 6. The summed E-state index contributed by atoms with van der Waals surface area (Å²) in [6.07, 6.45) is 6.25. The summed E-state index contributed by atoms with van der Waals surface area (Å²) in [5, 5.41) is 35.8. The lowest BCUT2D eigenvalue weighted by Gasteiger charge is -2.08. The molecule has 8 heteroatoms.